The number of hydrogen-bond acceptors (Lipinski definition) is 7. The number of thiophene rings is 1. The lowest BCUT2D eigenvalue weighted by molar-refractivity contribution is -0.192. The van der Waals surface area contributed by atoms with E-state index >= 15 is 0 Å². The van der Waals surface area contributed by atoms with Crippen molar-refractivity contribution in [3.63, 3.8) is 0 Å². The molecule has 0 atom stereocenters. The highest BCUT2D eigenvalue weighted by atomic mass is 32.1. The number of anilines is 2. The third kappa shape index (κ3) is 5.44. The van der Waals surface area contributed by atoms with Crippen LogP contribution in [-0.4, -0.2) is 65.3 Å². The number of aliphatic carboxylic acids is 1. The van der Waals surface area contributed by atoms with Gasteiger partial charge < -0.3 is 20.6 Å². The van der Waals surface area contributed by atoms with Crippen molar-refractivity contribution in [3.05, 3.63) is 10.9 Å². The summed E-state index contributed by atoms with van der Waals surface area (Å²) in [5, 5.41) is 7.12. The molecule has 1 aliphatic rings. The van der Waals surface area contributed by atoms with E-state index in [1.807, 2.05) is 0 Å². The summed E-state index contributed by atoms with van der Waals surface area (Å²) in [5.41, 5.74) is 7.02. The van der Waals surface area contributed by atoms with Crippen molar-refractivity contribution in [1.82, 2.24) is 14.9 Å². The van der Waals surface area contributed by atoms with Gasteiger partial charge in [-0.15, -0.1) is 11.3 Å². The molecule has 0 unspecified atom stereocenters. The predicted octanol–water partition coefficient (Wildman–Crippen LogP) is 2.96. The van der Waals surface area contributed by atoms with Crippen LogP contribution in [0.2, 0.25) is 0 Å². The van der Waals surface area contributed by atoms with Crippen LogP contribution in [0.4, 0.5) is 24.9 Å². The molecule has 3 rings (SSSR count). The van der Waals surface area contributed by atoms with Gasteiger partial charge in [0, 0.05) is 31.1 Å². The van der Waals surface area contributed by atoms with Crippen LogP contribution in [0, 0.1) is 0 Å². The fraction of sp³-hybridized carbons (Fsp3) is 0.588. The van der Waals surface area contributed by atoms with Crippen molar-refractivity contribution >= 4 is 39.3 Å². The summed E-state index contributed by atoms with van der Waals surface area (Å²) >= 11 is 1.80. The molecule has 1 saturated heterocycles. The molecule has 3 N–H and O–H groups in total. The van der Waals surface area contributed by atoms with Gasteiger partial charge in [0.2, 0.25) is 5.95 Å². The fourth-order valence-corrected chi connectivity index (χ4v) is 3.71. The van der Waals surface area contributed by atoms with Crippen molar-refractivity contribution in [2.45, 2.75) is 32.4 Å². The first-order chi connectivity index (χ1) is 12.8. The van der Waals surface area contributed by atoms with Gasteiger partial charge >= 0.3 is 12.1 Å². The van der Waals surface area contributed by atoms with E-state index in [1.54, 1.807) is 11.3 Å². The third-order valence-electron chi connectivity index (χ3n) is 4.16. The third-order valence-corrected chi connectivity index (χ3v) is 5.70. The van der Waals surface area contributed by atoms with Crippen LogP contribution >= 0.6 is 11.3 Å². The first-order valence-electron chi connectivity index (χ1n) is 8.60. The predicted molar refractivity (Wildman–Crippen MR) is 104 cm³/mol. The molecule has 2 aromatic rings. The topological polar surface area (TPSA) is 95.6 Å². The first kappa shape index (κ1) is 22.2. The van der Waals surface area contributed by atoms with Gasteiger partial charge in [0.05, 0.1) is 10.2 Å². The van der Waals surface area contributed by atoms with Crippen LogP contribution < -0.4 is 10.6 Å². The lowest BCUT2D eigenvalue weighted by Crippen LogP contribution is -2.44. The van der Waals surface area contributed by atoms with Crippen LogP contribution in [0.25, 0.3) is 10.2 Å². The van der Waals surface area contributed by atoms with Gasteiger partial charge in [0.25, 0.3) is 0 Å². The molecule has 1 fully saturated rings. The number of piperazine rings is 1. The number of nitrogens with two attached hydrogens (primary N) is 1. The number of halogens is 3. The molecular weight excluding hydrogens is 395 g/mol. The van der Waals surface area contributed by atoms with E-state index in [2.05, 4.69) is 53.7 Å². The molecular formula is C17H24F3N5O2S. The van der Waals surface area contributed by atoms with Crippen molar-refractivity contribution < 1.29 is 23.1 Å². The molecule has 0 aromatic carbocycles. The van der Waals surface area contributed by atoms with E-state index in [0.29, 0.717) is 5.95 Å². The molecule has 0 spiro atoms. The molecule has 0 saturated carbocycles. The molecule has 0 radical (unpaired) electrons. The summed E-state index contributed by atoms with van der Waals surface area (Å²) in [6.07, 6.45) is -5.08. The van der Waals surface area contributed by atoms with E-state index in [1.165, 1.54) is 9.58 Å². The van der Waals surface area contributed by atoms with Crippen LogP contribution in [0.1, 0.15) is 25.6 Å². The second-order valence-electron chi connectivity index (χ2n) is 7.57. The summed E-state index contributed by atoms with van der Waals surface area (Å²) in [4.78, 5) is 23.8. The highest BCUT2D eigenvalue weighted by molar-refractivity contribution is 7.19. The number of nitrogens with zero attached hydrogens (tertiary/aromatic N) is 4. The number of carboxylic acids is 1. The van der Waals surface area contributed by atoms with Gasteiger partial charge in [0.1, 0.15) is 0 Å². The number of rotatable bonds is 1. The molecule has 11 heteroatoms. The van der Waals surface area contributed by atoms with E-state index < -0.39 is 12.1 Å². The highest BCUT2D eigenvalue weighted by Crippen LogP contribution is 2.38. The van der Waals surface area contributed by atoms with Crippen LogP contribution in [0.15, 0.2) is 6.07 Å². The van der Waals surface area contributed by atoms with Gasteiger partial charge in [0.15, 0.2) is 5.82 Å². The van der Waals surface area contributed by atoms with E-state index in [0.717, 1.165) is 37.5 Å². The van der Waals surface area contributed by atoms with E-state index in [-0.39, 0.29) is 5.41 Å². The Balaban J connectivity index is 0.000000345. The first-order valence-corrected chi connectivity index (χ1v) is 9.42. The summed E-state index contributed by atoms with van der Waals surface area (Å²) in [7, 11) is 2.16. The average molecular weight is 419 g/mol. The minimum Gasteiger partial charge on any atom is -0.475 e. The van der Waals surface area contributed by atoms with Crippen molar-refractivity contribution in [2.24, 2.45) is 0 Å². The van der Waals surface area contributed by atoms with Crippen LogP contribution in [-0.2, 0) is 10.2 Å². The highest BCUT2D eigenvalue weighted by Gasteiger charge is 2.38. The maximum atomic E-state index is 10.6. The van der Waals surface area contributed by atoms with E-state index in [4.69, 9.17) is 15.6 Å². The zero-order valence-corrected chi connectivity index (χ0v) is 17.0. The number of nitrogen functional groups attached to an aromatic ring is 1. The smallest absolute Gasteiger partial charge is 0.475 e. The normalized spacial score (nSPS) is 16.0. The SMILES string of the molecule is CN1CCN(c2nc(N)nc3cc(C(C)(C)C)sc23)CC1.O=C(O)C(F)(F)F. The van der Waals surface area contributed by atoms with Gasteiger partial charge in [-0.1, -0.05) is 20.8 Å². The molecule has 3 heterocycles. The van der Waals surface area contributed by atoms with Gasteiger partial charge in [-0.25, -0.2) is 9.78 Å². The van der Waals surface area contributed by atoms with Crippen LogP contribution in [0.5, 0.6) is 0 Å². The van der Waals surface area contributed by atoms with E-state index in [9.17, 15) is 13.2 Å². The zero-order valence-electron chi connectivity index (χ0n) is 16.2. The molecule has 7 nitrogen and oxygen atoms in total. The molecule has 0 bridgehead atoms. The Morgan fingerprint density at radius 1 is 1.18 bits per heavy atom. The van der Waals surface area contributed by atoms with Crippen molar-refractivity contribution in [1.29, 1.82) is 0 Å². The Bertz CT molecular complexity index is 840. The largest absolute Gasteiger partial charge is 0.490 e. The standard InChI is InChI=1S/C15H23N5S.C2HF3O2/c1-15(2,3)11-9-10-12(21-11)13(18-14(16)17-10)20-7-5-19(4)6-8-20;3-2(4,5)1(6)7/h9H,5-8H2,1-4H3,(H2,16,17,18);(H,6,7). The Labute approximate surface area is 165 Å². The van der Waals surface area contributed by atoms with Crippen molar-refractivity contribution in [3.8, 4) is 0 Å². The maximum Gasteiger partial charge on any atom is 0.490 e. The second kappa shape index (κ2) is 8.08. The monoisotopic (exact) mass is 419 g/mol. The molecule has 1 aliphatic heterocycles. The van der Waals surface area contributed by atoms with Gasteiger partial charge in [-0.2, -0.15) is 18.2 Å². The number of aromatic nitrogens is 2. The maximum absolute atomic E-state index is 10.6. The molecule has 0 aliphatic carbocycles. The number of likely N-dealkylation sites (N-methyl/N-ethyl adjacent to an activating group) is 1. The molecule has 156 valence electrons. The summed E-state index contributed by atoms with van der Waals surface area (Å²) in [5.74, 6) is -1.38. The summed E-state index contributed by atoms with van der Waals surface area (Å²) in [6, 6.07) is 2.16. The van der Waals surface area contributed by atoms with Gasteiger partial charge in [-0.05, 0) is 18.5 Å². The number of fused-ring (bicyclic) bond motifs is 1. The molecule has 28 heavy (non-hydrogen) atoms. The van der Waals surface area contributed by atoms with Crippen LogP contribution in [0.3, 0.4) is 0 Å². The second-order valence-corrected chi connectivity index (χ2v) is 8.63. The minimum atomic E-state index is -5.08. The van der Waals surface area contributed by atoms with Crippen molar-refractivity contribution in [2.75, 3.05) is 43.9 Å². The Morgan fingerprint density at radius 3 is 2.18 bits per heavy atom. The average Bonchev–Trinajstić information content (AvgIpc) is 2.98. The fourth-order valence-electron chi connectivity index (χ4n) is 2.53. The number of alkyl halides is 3. The summed E-state index contributed by atoms with van der Waals surface area (Å²) in [6.45, 7) is 10.8. The van der Waals surface area contributed by atoms with Gasteiger partial charge in [-0.3, -0.25) is 0 Å². The number of hydrogen-bond donors (Lipinski definition) is 2. The summed E-state index contributed by atoms with van der Waals surface area (Å²) < 4.78 is 32.9. The quantitative estimate of drug-likeness (QED) is 0.734. The Hall–Kier alpha value is -2.14. The molecule has 2 aromatic heterocycles. The lowest BCUT2D eigenvalue weighted by atomic mass is 9.95. The number of carbonyl (C=O) groups is 1. The molecule has 0 amide bonds. The lowest BCUT2D eigenvalue weighted by Gasteiger charge is -2.33. The zero-order chi connectivity index (χ0) is 21.3. The number of carboxylic acid groups (broad SMARTS) is 1. The Morgan fingerprint density at radius 2 is 1.71 bits per heavy atom. The Kier molecular flexibility index (Phi) is 6.39. The minimum absolute atomic E-state index is 0.125.